The number of aryl methyl sites for hydroxylation is 1. The topological polar surface area (TPSA) is 56.4 Å². The lowest BCUT2D eigenvalue weighted by atomic mass is 9.93. The highest BCUT2D eigenvalue weighted by Gasteiger charge is 2.32. The Kier molecular flexibility index (Phi) is 5.00. The van der Waals surface area contributed by atoms with E-state index in [0.29, 0.717) is 38.0 Å². The molecule has 3 aromatic rings. The Bertz CT molecular complexity index is 1140. The van der Waals surface area contributed by atoms with Crippen LogP contribution in [0.3, 0.4) is 0 Å². The summed E-state index contributed by atoms with van der Waals surface area (Å²) < 4.78 is 13.1. The fourth-order valence-electron chi connectivity index (χ4n) is 4.88. The zero-order valence-electron chi connectivity index (χ0n) is 17.7. The van der Waals surface area contributed by atoms with Crippen molar-refractivity contribution in [2.45, 2.75) is 32.7 Å². The molecule has 1 saturated heterocycles. The lowest BCUT2D eigenvalue weighted by Gasteiger charge is -2.35. The van der Waals surface area contributed by atoms with E-state index in [1.165, 1.54) is 46.5 Å². The Morgan fingerprint density at radius 2 is 1.74 bits per heavy atom. The van der Waals surface area contributed by atoms with Gasteiger partial charge < -0.3 is 14.8 Å². The van der Waals surface area contributed by atoms with Gasteiger partial charge in [-0.3, -0.25) is 9.59 Å². The van der Waals surface area contributed by atoms with Crippen molar-refractivity contribution < 1.29 is 14.0 Å². The fourth-order valence-corrected chi connectivity index (χ4v) is 4.88. The van der Waals surface area contributed by atoms with E-state index in [4.69, 9.17) is 0 Å². The summed E-state index contributed by atoms with van der Waals surface area (Å²) in [6, 6.07) is 12.1. The molecule has 160 valence electrons. The van der Waals surface area contributed by atoms with Crippen LogP contribution in [0.5, 0.6) is 0 Å². The summed E-state index contributed by atoms with van der Waals surface area (Å²) in [6.45, 7) is 4.57. The quantitative estimate of drug-likeness (QED) is 0.681. The predicted molar refractivity (Wildman–Crippen MR) is 117 cm³/mol. The number of H-pyrrole nitrogens is 1. The van der Waals surface area contributed by atoms with Crippen LogP contribution < -0.4 is 0 Å². The number of aromatic nitrogens is 1. The second-order valence-corrected chi connectivity index (χ2v) is 8.71. The van der Waals surface area contributed by atoms with Gasteiger partial charge in [-0.25, -0.2) is 4.39 Å². The van der Waals surface area contributed by atoms with E-state index in [-0.39, 0.29) is 23.5 Å². The molecule has 0 radical (unpaired) electrons. The molecule has 5 rings (SSSR count). The monoisotopic (exact) mass is 419 g/mol. The normalized spacial score (nSPS) is 17.1. The first-order valence-corrected chi connectivity index (χ1v) is 10.9. The smallest absolute Gasteiger partial charge is 0.253 e. The van der Waals surface area contributed by atoms with Gasteiger partial charge in [0.05, 0.1) is 0 Å². The summed E-state index contributed by atoms with van der Waals surface area (Å²) in [6.07, 6.45) is 2.18. The lowest BCUT2D eigenvalue weighted by molar-refractivity contribution is -0.137. The van der Waals surface area contributed by atoms with Crippen molar-refractivity contribution in [3.8, 4) is 0 Å². The van der Waals surface area contributed by atoms with Crippen molar-refractivity contribution in [3.63, 3.8) is 0 Å². The molecule has 2 aliphatic heterocycles. The summed E-state index contributed by atoms with van der Waals surface area (Å²) in [7, 11) is 0. The Hall–Kier alpha value is -3.15. The summed E-state index contributed by atoms with van der Waals surface area (Å²) in [5, 5.41) is 1.22. The molecular formula is C25H26FN3O2. The summed E-state index contributed by atoms with van der Waals surface area (Å²) in [5.41, 5.74) is 5.32. The molecule has 0 aliphatic carbocycles. The van der Waals surface area contributed by atoms with Crippen molar-refractivity contribution in [1.82, 2.24) is 14.8 Å². The van der Waals surface area contributed by atoms with Crippen LogP contribution in [0.4, 0.5) is 4.39 Å². The van der Waals surface area contributed by atoms with Crippen molar-refractivity contribution in [2.75, 3.05) is 19.6 Å². The van der Waals surface area contributed by atoms with Gasteiger partial charge in [-0.15, -0.1) is 0 Å². The number of nitrogens with one attached hydrogen (secondary N) is 1. The Morgan fingerprint density at radius 1 is 1.00 bits per heavy atom. The Labute approximate surface area is 180 Å². The highest BCUT2D eigenvalue weighted by Crippen LogP contribution is 2.30. The lowest BCUT2D eigenvalue weighted by Crippen LogP contribution is -2.45. The highest BCUT2D eigenvalue weighted by molar-refractivity contribution is 5.94. The number of carbonyl (C=O) groups is 2. The average Bonchev–Trinajstić information content (AvgIpc) is 3.16. The molecule has 2 amide bonds. The van der Waals surface area contributed by atoms with Crippen molar-refractivity contribution in [3.05, 3.63) is 70.7 Å². The maximum absolute atomic E-state index is 13.2. The maximum Gasteiger partial charge on any atom is 0.253 e. The van der Waals surface area contributed by atoms with Crippen LogP contribution in [-0.2, 0) is 17.8 Å². The van der Waals surface area contributed by atoms with Crippen molar-refractivity contribution >= 4 is 22.7 Å². The molecular weight excluding hydrogens is 393 g/mol. The number of rotatable bonds is 2. The van der Waals surface area contributed by atoms with Crippen LogP contribution in [0.15, 0.2) is 42.5 Å². The predicted octanol–water partition coefficient (Wildman–Crippen LogP) is 4.05. The molecule has 1 fully saturated rings. The van der Waals surface area contributed by atoms with E-state index in [2.05, 4.69) is 30.1 Å². The first-order chi connectivity index (χ1) is 15.0. The van der Waals surface area contributed by atoms with Gasteiger partial charge in [0.1, 0.15) is 5.82 Å². The SMILES string of the molecule is Cc1ccc2[nH]c3c(c2c1)CN(C(=O)C1CCN(C(=O)c2ccc(F)cc2)CC1)CC3. The van der Waals surface area contributed by atoms with Crippen LogP contribution in [0.25, 0.3) is 10.9 Å². The molecule has 0 spiro atoms. The van der Waals surface area contributed by atoms with Gasteiger partial charge >= 0.3 is 0 Å². The van der Waals surface area contributed by atoms with Crippen LogP contribution >= 0.6 is 0 Å². The number of likely N-dealkylation sites (tertiary alicyclic amines) is 1. The van der Waals surface area contributed by atoms with E-state index >= 15 is 0 Å². The van der Waals surface area contributed by atoms with Crippen molar-refractivity contribution in [2.24, 2.45) is 5.92 Å². The van der Waals surface area contributed by atoms with Gasteiger partial charge in [0.15, 0.2) is 0 Å². The summed E-state index contributed by atoms with van der Waals surface area (Å²) >= 11 is 0. The van der Waals surface area contributed by atoms with Gasteiger partial charge in [-0.05, 0) is 56.2 Å². The largest absolute Gasteiger partial charge is 0.358 e. The van der Waals surface area contributed by atoms with E-state index in [9.17, 15) is 14.0 Å². The number of amides is 2. The van der Waals surface area contributed by atoms with E-state index < -0.39 is 0 Å². The molecule has 1 aromatic heterocycles. The molecule has 1 N–H and O–H groups in total. The molecule has 0 atom stereocenters. The number of halogens is 1. The van der Waals surface area contributed by atoms with Gasteiger partial charge in [0.2, 0.25) is 5.91 Å². The number of carbonyl (C=O) groups excluding carboxylic acids is 2. The number of piperidine rings is 1. The fraction of sp³-hybridized carbons (Fsp3) is 0.360. The molecule has 2 aliphatic rings. The number of hydrogen-bond donors (Lipinski definition) is 1. The second-order valence-electron chi connectivity index (χ2n) is 8.71. The molecule has 2 aromatic carbocycles. The third kappa shape index (κ3) is 3.71. The number of aromatic amines is 1. The minimum atomic E-state index is -0.351. The van der Waals surface area contributed by atoms with E-state index in [0.717, 1.165) is 18.5 Å². The van der Waals surface area contributed by atoms with Gasteiger partial charge in [0.25, 0.3) is 5.91 Å². The number of hydrogen-bond acceptors (Lipinski definition) is 2. The van der Waals surface area contributed by atoms with E-state index in [1.54, 1.807) is 4.90 Å². The van der Waals surface area contributed by atoms with Gasteiger partial charge in [0, 0.05) is 66.2 Å². The average molecular weight is 420 g/mol. The van der Waals surface area contributed by atoms with Crippen LogP contribution in [0, 0.1) is 18.7 Å². The summed E-state index contributed by atoms with van der Waals surface area (Å²) in [4.78, 5) is 33.2. The molecule has 31 heavy (non-hydrogen) atoms. The Balaban J connectivity index is 1.24. The Morgan fingerprint density at radius 3 is 2.48 bits per heavy atom. The first kappa shape index (κ1) is 19.8. The second kappa shape index (κ2) is 7.84. The van der Waals surface area contributed by atoms with E-state index in [1.807, 2.05) is 4.90 Å². The molecule has 0 bridgehead atoms. The van der Waals surface area contributed by atoms with Crippen molar-refractivity contribution in [1.29, 1.82) is 0 Å². The van der Waals surface area contributed by atoms with Gasteiger partial charge in [-0.1, -0.05) is 11.6 Å². The van der Waals surface area contributed by atoms with Crippen LogP contribution in [0.1, 0.15) is 40.0 Å². The molecule has 6 heteroatoms. The molecule has 0 saturated carbocycles. The summed E-state index contributed by atoms with van der Waals surface area (Å²) in [5.74, 6) is -0.300. The number of nitrogens with zero attached hydrogens (tertiary/aromatic N) is 2. The molecule has 0 unspecified atom stereocenters. The minimum absolute atomic E-state index is 0.0502. The van der Waals surface area contributed by atoms with Crippen LogP contribution in [0.2, 0.25) is 0 Å². The zero-order valence-corrected chi connectivity index (χ0v) is 17.7. The highest BCUT2D eigenvalue weighted by atomic mass is 19.1. The van der Waals surface area contributed by atoms with Crippen LogP contribution in [-0.4, -0.2) is 46.2 Å². The third-order valence-electron chi connectivity index (χ3n) is 6.66. The first-order valence-electron chi connectivity index (χ1n) is 10.9. The molecule has 5 nitrogen and oxygen atoms in total. The number of benzene rings is 2. The minimum Gasteiger partial charge on any atom is -0.358 e. The maximum atomic E-state index is 13.2. The zero-order chi connectivity index (χ0) is 21.5. The molecule has 3 heterocycles. The third-order valence-corrected chi connectivity index (χ3v) is 6.66. The van der Waals surface area contributed by atoms with Gasteiger partial charge in [-0.2, -0.15) is 0 Å². The standard InChI is InChI=1S/C25H26FN3O2/c1-16-2-7-22-20(14-16)21-15-29(13-10-23(21)27-22)25(31)18-8-11-28(12-9-18)24(30)17-3-5-19(26)6-4-17/h2-7,14,18,27H,8-13,15H2,1H3. The number of fused-ring (bicyclic) bond motifs is 3.